The summed E-state index contributed by atoms with van der Waals surface area (Å²) in [6, 6.07) is -0.163. The third kappa shape index (κ3) is 3.60. The van der Waals surface area contributed by atoms with E-state index in [2.05, 4.69) is 10.3 Å². The molecule has 0 saturated carbocycles. The van der Waals surface area contributed by atoms with E-state index in [1.165, 1.54) is 0 Å². The number of hydrogen-bond donors (Lipinski definition) is 1. The lowest BCUT2D eigenvalue weighted by Crippen LogP contribution is -2.41. The summed E-state index contributed by atoms with van der Waals surface area (Å²) in [4.78, 5) is 17.4. The van der Waals surface area contributed by atoms with E-state index in [4.69, 9.17) is 0 Å². The number of thiazole rings is 1. The van der Waals surface area contributed by atoms with Crippen LogP contribution in [0.1, 0.15) is 17.6 Å². The molecule has 1 aromatic heterocycles. The summed E-state index contributed by atoms with van der Waals surface area (Å²) in [7, 11) is 3.52. The molecule has 1 rings (SSSR count). The fourth-order valence-corrected chi connectivity index (χ4v) is 1.92. The van der Waals surface area contributed by atoms with Crippen molar-refractivity contribution in [2.24, 2.45) is 0 Å². The Kier molecular flexibility index (Phi) is 4.23. The molecule has 0 saturated heterocycles. The normalized spacial score (nSPS) is 12.5. The molecular formula is C10H17N3OS. The molecule has 0 fully saturated rings. The number of aryl methyl sites for hydroxylation is 1. The fraction of sp³-hybridized carbons (Fsp3) is 0.600. The van der Waals surface area contributed by atoms with Crippen LogP contribution in [-0.2, 0) is 11.3 Å². The van der Waals surface area contributed by atoms with Crippen LogP contribution in [0.2, 0.25) is 0 Å². The minimum Gasteiger partial charge on any atom is -0.347 e. The van der Waals surface area contributed by atoms with Crippen LogP contribution in [0, 0.1) is 6.92 Å². The molecule has 1 atom stereocenters. The van der Waals surface area contributed by atoms with Crippen LogP contribution in [0.5, 0.6) is 0 Å². The number of nitrogens with one attached hydrogen (secondary N) is 1. The second-order valence-electron chi connectivity index (χ2n) is 3.72. The van der Waals surface area contributed by atoms with Crippen molar-refractivity contribution in [2.45, 2.75) is 26.4 Å². The highest BCUT2D eigenvalue weighted by molar-refractivity contribution is 7.09. The van der Waals surface area contributed by atoms with Gasteiger partial charge in [0.05, 0.1) is 6.04 Å². The van der Waals surface area contributed by atoms with Crippen molar-refractivity contribution in [1.82, 2.24) is 15.2 Å². The summed E-state index contributed by atoms with van der Waals surface area (Å²) in [5.41, 5.74) is 1.03. The third-order valence-corrected chi connectivity index (χ3v) is 3.00. The summed E-state index contributed by atoms with van der Waals surface area (Å²) >= 11 is 1.61. The molecule has 0 aliphatic carbocycles. The van der Waals surface area contributed by atoms with Gasteiger partial charge in [-0.05, 0) is 13.8 Å². The molecule has 0 aliphatic heterocycles. The van der Waals surface area contributed by atoms with Crippen molar-refractivity contribution in [2.75, 3.05) is 14.1 Å². The Morgan fingerprint density at radius 3 is 2.80 bits per heavy atom. The zero-order valence-corrected chi connectivity index (χ0v) is 10.4. The minimum atomic E-state index is -0.163. The first-order chi connectivity index (χ1) is 7.00. The molecule has 0 spiro atoms. The highest BCUT2D eigenvalue weighted by Crippen LogP contribution is 2.08. The van der Waals surface area contributed by atoms with Gasteiger partial charge in [0.2, 0.25) is 5.91 Å². The highest BCUT2D eigenvalue weighted by atomic mass is 32.1. The quantitative estimate of drug-likeness (QED) is 0.835. The molecular weight excluding hydrogens is 210 g/mol. The van der Waals surface area contributed by atoms with E-state index in [0.717, 1.165) is 10.7 Å². The van der Waals surface area contributed by atoms with Crippen molar-refractivity contribution in [3.8, 4) is 0 Å². The van der Waals surface area contributed by atoms with Gasteiger partial charge in [-0.3, -0.25) is 10.1 Å². The van der Waals surface area contributed by atoms with Gasteiger partial charge in [-0.2, -0.15) is 0 Å². The molecule has 5 heteroatoms. The second kappa shape index (κ2) is 5.23. The van der Waals surface area contributed by atoms with Crippen molar-refractivity contribution in [1.29, 1.82) is 0 Å². The number of rotatable bonds is 4. The van der Waals surface area contributed by atoms with Gasteiger partial charge >= 0.3 is 0 Å². The van der Waals surface area contributed by atoms with E-state index < -0.39 is 0 Å². The number of aromatic nitrogens is 1. The maximum absolute atomic E-state index is 11.5. The van der Waals surface area contributed by atoms with Crippen molar-refractivity contribution in [3.05, 3.63) is 16.1 Å². The molecule has 1 heterocycles. The summed E-state index contributed by atoms with van der Waals surface area (Å²) in [6.07, 6.45) is 0. The summed E-state index contributed by atoms with van der Waals surface area (Å²) in [5, 5.41) is 6.18. The number of nitrogens with zero attached hydrogens (tertiary/aromatic N) is 2. The maximum Gasteiger partial charge on any atom is 0.238 e. The number of carbonyl (C=O) groups is 1. The summed E-state index contributed by atoms with van der Waals surface area (Å²) < 4.78 is 0. The van der Waals surface area contributed by atoms with E-state index in [0.29, 0.717) is 6.54 Å². The molecule has 84 valence electrons. The zero-order chi connectivity index (χ0) is 11.4. The van der Waals surface area contributed by atoms with Crippen molar-refractivity contribution < 1.29 is 4.79 Å². The van der Waals surface area contributed by atoms with Crippen LogP contribution in [0.25, 0.3) is 0 Å². The van der Waals surface area contributed by atoms with Crippen molar-refractivity contribution >= 4 is 17.2 Å². The van der Waals surface area contributed by atoms with E-state index in [9.17, 15) is 4.79 Å². The molecule has 4 nitrogen and oxygen atoms in total. The van der Waals surface area contributed by atoms with Gasteiger partial charge in [0.1, 0.15) is 5.01 Å². The minimum absolute atomic E-state index is 0.0864. The molecule has 1 unspecified atom stereocenters. The van der Waals surface area contributed by atoms with Gasteiger partial charge in [-0.15, -0.1) is 11.3 Å². The Labute approximate surface area is 94.3 Å². The summed E-state index contributed by atoms with van der Waals surface area (Å²) in [5.74, 6) is 0.0864. The zero-order valence-electron chi connectivity index (χ0n) is 9.57. The molecule has 0 aromatic carbocycles. The first kappa shape index (κ1) is 12.1. The van der Waals surface area contributed by atoms with Crippen LogP contribution in [-0.4, -0.2) is 35.9 Å². The van der Waals surface area contributed by atoms with E-state index in [1.54, 1.807) is 30.3 Å². The molecule has 1 amide bonds. The lowest BCUT2D eigenvalue weighted by Gasteiger charge is -2.17. The van der Waals surface area contributed by atoms with Crippen LogP contribution in [0.4, 0.5) is 0 Å². The Morgan fingerprint density at radius 1 is 1.67 bits per heavy atom. The van der Waals surface area contributed by atoms with E-state index in [-0.39, 0.29) is 11.9 Å². The lowest BCUT2D eigenvalue weighted by molar-refractivity contribution is -0.130. The topological polar surface area (TPSA) is 45.2 Å². The SMILES string of the molecule is Cc1csc(CNC(C)C(=O)N(C)C)n1. The predicted molar refractivity (Wildman–Crippen MR) is 61.8 cm³/mol. The Bertz CT molecular complexity index is 335. The maximum atomic E-state index is 11.5. The Balaban J connectivity index is 2.40. The monoisotopic (exact) mass is 227 g/mol. The van der Waals surface area contributed by atoms with Gasteiger partial charge in [-0.1, -0.05) is 0 Å². The lowest BCUT2D eigenvalue weighted by atomic mass is 10.3. The first-order valence-corrected chi connectivity index (χ1v) is 5.74. The van der Waals surface area contributed by atoms with E-state index >= 15 is 0 Å². The molecule has 0 radical (unpaired) electrons. The Morgan fingerprint density at radius 2 is 2.33 bits per heavy atom. The number of hydrogen-bond acceptors (Lipinski definition) is 4. The highest BCUT2D eigenvalue weighted by Gasteiger charge is 2.14. The van der Waals surface area contributed by atoms with E-state index in [1.807, 2.05) is 19.2 Å². The molecule has 1 aromatic rings. The average Bonchev–Trinajstić information content (AvgIpc) is 2.59. The van der Waals surface area contributed by atoms with Gasteiger partial charge in [-0.25, -0.2) is 4.98 Å². The molecule has 1 N–H and O–H groups in total. The number of likely N-dealkylation sites (N-methyl/N-ethyl adjacent to an activating group) is 1. The molecule has 0 aliphatic rings. The third-order valence-electron chi connectivity index (χ3n) is 2.04. The second-order valence-corrected chi connectivity index (χ2v) is 4.66. The fourth-order valence-electron chi connectivity index (χ4n) is 1.20. The van der Waals surface area contributed by atoms with Gasteiger partial charge in [0.25, 0.3) is 0 Å². The average molecular weight is 227 g/mol. The first-order valence-electron chi connectivity index (χ1n) is 4.86. The smallest absolute Gasteiger partial charge is 0.238 e. The van der Waals surface area contributed by atoms with Gasteiger partial charge < -0.3 is 4.90 Å². The van der Waals surface area contributed by atoms with Crippen LogP contribution in [0.15, 0.2) is 5.38 Å². The van der Waals surface area contributed by atoms with Gasteiger partial charge in [0, 0.05) is 31.7 Å². The number of amides is 1. The predicted octanol–water partition coefficient (Wildman–Crippen LogP) is 1.02. The van der Waals surface area contributed by atoms with Crippen LogP contribution < -0.4 is 5.32 Å². The van der Waals surface area contributed by atoms with Crippen molar-refractivity contribution in [3.63, 3.8) is 0 Å². The Hall–Kier alpha value is -0.940. The molecule has 15 heavy (non-hydrogen) atoms. The van der Waals surface area contributed by atoms with Crippen LogP contribution >= 0.6 is 11.3 Å². The number of carbonyl (C=O) groups excluding carboxylic acids is 1. The molecule has 0 bridgehead atoms. The van der Waals surface area contributed by atoms with Gasteiger partial charge in [0.15, 0.2) is 0 Å². The van der Waals surface area contributed by atoms with Crippen LogP contribution in [0.3, 0.4) is 0 Å². The standard InChI is InChI=1S/C10H17N3OS/c1-7-6-15-9(12-7)5-11-8(2)10(14)13(3)4/h6,8,11H,5H2,1-4H3. The largest absolute Gasteiger partial charge is 0.347 e. The summed E-state index contributed by atoms with van der Waals surface area (Å²) in [6.45, 7) is 4.48.